The first kappa shape index (κ1) is 12.5. The molecule has 0 spiro atoms. The van der Waals surface area contributed by atoms with Crippen LogP contribution in [0.15, 0.2) is 18.3 Å². The van der Waals surface area contributed by atoms with E-state index in [-0.39, 0.29) is 0 Å². The summed E-state index contributed by atoms with van der Waals surface area (Å²) in [6.07, 6.45) is 4.50. The zero-order valence-electron chi connectivity index (χ0n) is 10.9. The maximum Gasteiger partial charge on any atom is 0.0573 e. The van der Waals surface area contributed by atoms with E-state index in [0.29, 0.717) is 6.04 Å². The summed E-state index contributed by atoms with van der Waals surface area (Å²) in [7, 11) is 0. The Hall–Kier alpha value is -0.930. The van der Waals surface area contributed by atoms with Crippen LogP contribution in [-0.4, -0.2) is 35.6 Å². The van der Waals surface area contributed by atoms with E-state index < -0.39 is 0 Å². The maximum atomic E-state index is 4.50. The molecule has 1 N–H and O–H groups in total. The molecule has 1 saturated heterocycles. The molecule has 1 aromatic heterocycles. The van der Waals surface area contributed by atoms with Gasteiger partial charge in [-0.3, -0.25) is 9.88 Å². The van der Waals surface area contributed by atoms with Crippen molar-refractivity contribution in [2.24, 2.45) is 0 Å². The van der Waals surface area contributed by atoms with Crippen molar-refractivity contribution in [1.29, 1.82) is 0 Å². The van der Waals surface area contributed by atoms with Crippen molar-refractivity contribution in [2.45, 2.75) is 39.3 Å². The largest absolute Gasteiger partial charge is 0.315 e. The van der Waals surface area contributed by atoms with Crippen molar-refractivity contribution < 1.29 is 0 Å². The van der Waals surface area contributed by atoms with Crippen LogP contribution in [0.1, 0.15) is 31.0 Å². The van der Waals surface area contributed by atoms with Crippen LogP contribution < -0.4 is 5.32 Å². The summed E-state index contributed by atoms with van der Waals surface area (Å²) < 4.78 is 0. The van der Waals surface area contributed by atoms with Crippen molar-refractivity contribution in [3.05, 3.63) is 29.6 Å². The molecule has 2 rings (SSSR count). The predicted molar refractivity (Wildman–Crippen MR) is 70.9 cm³/mol. The first-order valence-corrected chi connectivity index (χ1v) is 6.66. The fourth-order valence-electron chi connectivity index (χ4n) is 2.52. The van der Waals surface area contributed by atoms with E-state index in [9.17, 15) is 0 Å². The summed E-state index contributed by atoms with van der Waals surface area (Å²) in [6, 6.07) is 4.84. The van der Waals surface area contributed by atoms with Gasteiger partial charge in [0.2, 0.25) is 0 Å². The molecular formula is C14H23N3. The second-order valence-electron chi connectivity index (χ2n) is 4.83. The molecule has 1 atom stereocenters. The van der Waals surface area contributed by atoms with Gasteiger partial charge in [0.15, 0.2) is 0 Å². The van der Waals surface area contributed by atoms with Gasteiger partial charge >= 0.3 is 0 Å². The number of pyridine rings is 1. The van der Waals surface area contributed by atoms with E-state index in [1.807, 2.05) is 12.3 Å². The molecule has 0 bridgehead atoms. The van der Waals surface area contributed by atoms with Gasteiger partial charge in [-0.1, -0.05) is 13.0 Å². The Morgan fingerprint density at radius 1 is 1.53 bits per heavy atom. The lowest BCUT2D eigenvalue weighted by Crippen LogP contribution is -2.45. The molecule has 0 aliphatic carbocycles. The number of rotatable bonds is 4. The molecule has 1 aromatic rings. The van der Waals surface area contributed by atoms with Crippen LogP contribution in [-0.2, 0) is 6.54 Å². The third-order valence-corrected chi connectivity index (χ3v) is 3.66. The van der Waals surface area contributed by atoms with Crippen LogP contribution in [0.25, 0.3) is 0 Å². The lowest BCUT2D eigenvalue weighted by molar-refractivity contribution is 0.164. The molecule has 0 radical (unpaired) electrons. The number of nitrogens with one attached hydrogen (secondary N) is 1. The molecule has 3 nitrogen and oxygen atoms in total. The maximum absolute atomic E-state index is 4.50. The van der Waals surface area contributed by atoms with Crippen LogP contribution in [0.2, 0.25) is 0 Å². The minimum atomic E-state index is 0.676. The predicted octanol–water partition coefficient (Wildman–Crippen LogP) is 1.96. The molecule has 3 heteroatoms. The zero-order chi connectivity index (χ0) is 12.1. The Morgan fingerprint density at radius 2 is 2.41 bits per heavy atom. The number of aryl methyl sites for hydroxylation is 1. The normalized spacial score (nSPS) is 20.8. The summed E-state index contributed by atoms with van der Waals surface area (Å²) in [6.45, 7) is 8.77. The average molecular weight is 233 g/mol. The van der Waals surface area contributed by atoms with E-state index in [1.165, 1.54) is 30.6 Å². The van der Waals surface area contributed by atoms with Gasteiger partial charge in [-0.2, -0.15) is 0 Å². The minimum absolute atomic E-state index is 0.676. The summed E-state index contributed by atoms with van der Waals surface area (Å²) >= 11 is 0. The monoisotopic (exact) mass is 233 g/mol. The highest BCUT2D eigenvalue weighted by Gasteiger charge is 2.20. The van der Waals surface area contributed by atoms with Crippen molar-refractivity contribution in [1.82, 2.24) is 15.2 Å². The summed E-state index contributed by atoms with van der Waals surface area (Å²) in [5, 5.41) is 3.49. The Morgan fingerprint density at radius 3 is 3.06 bits per heavy atom. The molecule has 1 unspecified atom stereocenters. The first-order chi connectivity index (χ1) is 8.31. The van der Waals surface area contributed by atoms with Crippen molar-refractivity contribution in [3.8, 4) is 0 Å². The van der Waals surface area contributed by atoms with Gasteiger partial charge in [-0.15, -0.1) is 0 Å². The molecule has 17 heavy (non-hydrogen) atoms. The topological polar surface area (TPSA) is 28.2 Å². The van der Waals surface area contributed by atoms with Crippen molar-refractivity contribution in [2.75, 3.05) is 19.6 Å². The molecule has 1 aliphatic rings. The Bertz CT molecular complexity index is 345. The van der Waals surface area contributed by atoms with Crippen molar-refractivity contribution >= 4 is 0 Å². The number of hydrogen-bond acceptors (Lipinski definition) is 3. The minimum Gasteiger partial charge on any atom is -0.315 e. The summed E-state index contributed by atoms with van der Waals surface area (Å²) in [5.74, 6) is 0. The fraction of sp³-hybridized carbons (Fsp3) is 0.643. The van der Waals surface area contributed by atoms with Gasteiger partial charge in [-0.25, -0.2) is 0 Å². The Balaban J connectivity index is 2.01. The lowest BCUT2D eigenvalue weighted by Gasteiger charge is -2.33. The van der Waals surface area contributed by atoms with Crippen LogP contribution >= 0.6 is 0 Å². The van der Waals surface area contributed by atoms with Gasteiger partial charge in [0.1, 0.15) is 0 Å². The zero-order valence-corrected chi connectivity index (χ0v) is 10.9. The number of nitrogens with zero attached hydrogens (tertiary/aromatic N) is 2. The highest BCUT2D eigenvalue weighted by molar-refractivity contribution is 5.17. The van der Waals surface area contributed by atoms with Gasteiger partial charge in [0, 0.05) is 25.3 Å². The quantitative estimate of drug-likeness (QED) is 0.861. The molecule has 1 aliphatic heterocycles. The highest BCUT2D eigenvalue weighted by Crippen LogP contribution is 2.14. The number of piperidine rings is 1. The average Bonchev–Trinajstić information content (AvgIpc) is 2.39. The smallest absolute Gasteiger partial charge is 0.0573 e. The molecule has 0 amide bonds. The van der Waals surface area contributed by atoms with Crippen LogP contribution in [0.3, 0.4) is 0 Å². The van der Waals surface area contributed by atoms with E-state index >= 15 is 0 Å². The van der Waals surface area contributed by atoms with Crippen LogP contribution in [0.5, 0.6) is 0 Å². The number of likely N-dealkylation sites (N-methyl/N-ethyl adjacent to an activating group) is 1. The Labute approximate surface area is 104 Å². The van der Waals surface area contributed by atoms with Crippen LogP contribution in [0.4, 0.5) is 0 Å². The van der Waals surface area contributed by atoms with Crippen molar-refractivity contribution in [3.63, 3.8) is 0 Å². The second kappa shape index (κ2) is 6.12. The van der Waals surface area contributed by atoms with E-state index in [4.69, 9.17) is 0 Å². The standard InChI is InChI=1S/C14H23N3/c1-3-17(13-7-5-8-15-10-13)11-14-12(2)6-4-9-16-14/h4,6,9,13,15H,3,5,7-8,10-11H2,1-2H3. The third kappa shape index (κ3) is 3.27. The number of hydrogen-bond donors (Lipinski definition) is 1. The van der Waals surface area contributed by atoms with E-state index in [2.05, 4.69) is 35.1 Å². The van der Waals surface area contributed by atoms with E-state index in [1.54, 1.807) is 0 Å². The Kier molecular flexibility index (Phi) is 4.51. The summed E-state index contributed by atoms with van der Waals surface area (Å²) in [4.78, 5) is 7.04. The molecule has 1 fully saturated rings. The van der Waals surface area contributed by atoms with E-state index in [0.717, 1.165) is 19.6 Å². The van der Waals surface area contributed by atoms with Gasteiger partial charge in [0.25, 0.3) is 0 Å². The second-order valence-corrected chi connectivity index (χ2v) is 4.83. The highest BCUT2D eigenvalue weighted by atomic mass is 15.2. The molecule has 0 saturated carbocycles. The lowest BCUT2D eigenvalue weighted by atomic mass is 10.1. The first-order valence-electron chi connectivity index (χ1n) is 6.66. The number of aromatic nitrogens is 1. The van der Waals surface area contributed by atoms with Gasteiger partial charge in [0.05, 0.1) is 5.69 Å². The molecule has 94 valence electrons. The van der Waals surface area contributed by atoms with Crippen LogP contribution in [0, 0.1) is 6.92 Å². The summed E-state index contributed by atoms with van der Waals surface area (Å²) in [5.41, 5.74) is 2.52. The fourth-order valence-corrected chi connectivity index (χ4v) is 2.52. The third-order valence-electron chi connectivity index (χ3n) is 3.66. The van der Waals surface area contributed by atoms with Gasteiger partial charge in [-0.05, 0) is 44.5 Å². The molecule has 0 aromatic carbocycles. The van der Waals surface area contributed by atoms with Gasteiger partial charge < -0.3 is 5.32 Å². The SMILES string of the molecule is CCN(Cc1ncccc1C)C1CCCNC1. The molecular weight excluding hydrogens is 210 g/mol. The molecule has 2 heterocycles.